The molecular formula is C10H10ClN. The van der Waals surface area contributed by atoms with Crippen molar-refractivity contribution in [3.63, 3.8) is 0 Å². The quantitative estimate of drug-likeness (QED) is 0.603. The summed E-state index contributed by atoms with van der Waals surface area (Å²) >= 11 is 0. The van der Waals surface area contributed by atoms with E-state index in [0.717, 1.165) is 0 Å². The summed E-state index contributed by atoms with van der Waals surface area (Å²) in [5, 5.41) is 3.05. The smallest absolute Gasteiger partial charge is 0.00836 e. The Hall–Kier alpha value is -1.21. The van der Waals surface area contributed by atoms with Crippen LogP contribution in [-0.4, -0.2) is 0 Å². The molecule has 2 heteroatoms. The van der Waals surface area contributed by atoms with Gasteiger partial charge in [-0.15, -0.1) is 12.4 Å². The maximum absolute atomic E-state index is 3.05. The third-order valence-electron chi connectivity index (χ3n) is 1.71. The summed E-state index contributed by atoms with van der Waals surface area (Å²) in [6.45, 7) is 0. The Morgan fingerprint density at radius 1 is 0.917 bits per heavy atom. The van der Waals surface area contributed by atoms with Crippen molar-refractivity contribution in [3.05, 3.63) is 60.0 Å². The minimum absolute atomic E-state index is 0. The van der Waals surface area contributed by atoms with E-state index in [-0.39, 0.29) is 12.4 Å². The molecule has 1 heterocycles. The van der Waals surface area contributed by atoms with Gasteiger partial charge in [-0.05, 0) is 17.2 Å². The van der Waals surface area contributed by atoms with Crippen molar-refractivity contribution in [1.82, 2.24) is 5.32 Å². The molecule has 0 aromatic carbocycles. The molecule has 1 aliphatic heterocycles. The fourth-order valence-electron chi connectivity index (χ4n) is 1.13. The number of hydrogen-bond acceptors (Lipinski definition) is 1. The number of hydrogen-bond donors (Lipinski definition) is 1. The Kier molecular flexibility index (Phi) is 2.94. The van der Waals surface area contributed by atoms with Gasteiger partial charge in [-0.1, -0.05) is 30.4 Å². The normalized spacial score (nSPS) is 18.0. The summed E-state index contributed by atoms with van der Waals surface area (Å²) < 4.78 is 0. The molecular weight excluding hydrogens is 170 g/mol. The second-order valence-corrected chi connectivity index (χ2v) is 2.47. The predicted molar refractivity (Wildman–Crippen MR) is 54.0 cm³/mol. The predicted octanol–water partition coefficient (Wildman–Crippen LogP) is 2.46. The van der Waals surface area contributed by atoms with Crippen molar-refractivity contribution in [2.75, 3.05) is 0 Å². The van der Waals surface area contributed by atoms with Crippen LogP contribution in [0, 0.1) is 0 Å². The maximum atomic E-state index is 3.05. The van der Waals surface area contributed by atoms with E-state index in [1.807, 2.05) is 30.6 Å². The largest absolute Gasteiger partial charge is 0.367 e. The van der Waals surface area contributed by atoms with E-state index in [9.17, 15) is 0 Å². The highest BCUT2D eigenvalue weighted by molar-refractivity contribution is 5.85. The zero-order valence-corrected chi connectivity index (χ0v) is 7.34. The van der Waals surface area contributed by atoms with Crippen LogP contribution in [0.4, 0.5) is 0 Å². The fraction of sp³-hybridized carbons (Fsp3) is 0. The molecule has 12 heavy (non-hydrogen) atoms. The van der Waals surface area contributed by atoms with Gasteiger partial charge in [0.1, 0.15) is 0 Å². The summed E-state index contributed by atoms with van der Waals surface area (Å²) in [4.78, 5) is 0. The van der Waals surface area contributed by atoms with Crippen LogP contribution >= 0.6 is 12.4 Å². The van der Waals surface area contributed by atoms with Gasteiger partial charge >= 0.3 is 0 Å². The summed E-state index contributed by atoms with van der Waals surface area (Å²) in [6.07, 6.45) is 16.3. The monoisotopic (exact) mass is 179 g/mol. The number of nitrogens with one attached hydrogen (secondary N) is 1. The minimum atomic E-state index is 0. The highest BCUT2D eigenvalue weighted by Gasteiger charge is 2.01. The molecule has 2 rings (SSSR count). The first kappa shape index (κ1) is 8.88. The lowest BCUT2D eigenvalue weighted by Crippen LogP contribution is -2.01. The van der Waals surface area contributed by atoms with Gasteiger partial charge in [-0.3, -0.25) is 0 Å². The van der Waals surface area contributed by atoms with Gasteiger partial charge in [0.25, 0.3) is 0 Å². The molecule has 0 unspecified atom stereocenters. The van der Waals surface area contributed by atoms with E-state index >= 15 is 0 Å². The van der Waals surface area contributed by atoms with Crippen LogP contribution in [0.2, 0.25) is 0 Å². The Labute approximate surface area is 78.3 Å². The first-order valence-electron chi connectivity index (χ1n) is 3.65. The van der Waals surface area contributed by atoms with Crippen LogP contribution in [0.1, 0.15) is 0 Å². The van der Waals surface area contributed by atoms with Gasteiger partial charge < -0.3 is 5.32 Å². The number of fused-ring (bicyclic) bond motifs is 1. The van der Waals surface area contributed by atoms with Gasteiger partial charge in [-0.2, -0.15) is 0 Å². The second kappa shape index (κ2) is 3.98. The van der Waals surface area contributed by atoms with E-state index in [1.165, 1.54) is 11.1 Å². The van der Waals surface area contributed by atoms with Crippen molar-refractivity contribution in [1.29, 1.82) is 0 Å². The first-order chi connectivity index (χ1) is 5.47. The van der Waals surface area contributed by atoms with E-state index in [1.54, 1.807) is 0 Å². The highest BCUT2D eigenvalue weighted by Crippen LogP contribution is 2.17. The van der Waals surface area contributed by atoms with Gasteiger partial charge in [0, 0.05) is 12.4 Å². The Bertz CT molecular complexity index is 306. The third kappa shape index (κ3) is 1.69. The van der Waals surface area contributed by atoms with E-state index in [4.69, 9.17) is 0 Å². The summed E-state index contributed by atoms with van der Waals surface area (Å²) in [5.74, 6) is 0. The van der Waals surface area contributed by atoms with Gasteiger partial charge in [-0.25, -0.2) is 0 Å². The molecule has 1 nitrogen and oxygen atoms in total. The standard InChI is InChI=1S/C10H9N.ClH/c1-2-4-9-6-7-11-8-10(9)5-3-1;/h1-8,11H;1H. The minimum Gasteiger partial charge on any atom is -0.367 e. The molecule has 0 aromatic heterocycles. The van der Waals surface area contributed by atoms with E-state index in [0.29, 0.717) is 0 Å². The average molecular weight is 180 g/mol. The lowest BCUT2D eigenvalue weighted by atomic mass is 10.1. The van der Waals surface area contributed by atoms with Crippen molar-refractivity contribution >= 4 is 12.4 Å². The molecule has 1 aliphatic carbocycles. The topological polar surface area (TPSA) is 12.0 Å². The number of halogens is 1. The average Bonchev–Trinajstić information content (AvgIpc) is 2.28. The molecule has 0 radical (unpaired) electrons. The zero-order chi connectivity index (χ0) is 7.52. The number of allylic oxidation sites excluding steroid dienone is 8. The fourth-order valence-corrected chi connectivity index (χ4v) is 1.13. The summed E-state index contributed by atoms with van der Waals surface area (Å²) in [5.41, 5.74) is 2.49. The molecule has 0 bridgehead atoms. The third-order valence-corrected chi connectivity index (χ3v) is 1.71. The van der Waals surface area contributed by atoms with Crippen LogP contribution in [0.25, 0.3) is 0 Å². The number of rotatable bonds is 0. The lowest BCUT2D eigenvalue weighted by Gasteiger charge is -2.07. The van der Waals surface area contributed by atoms with Gasteiger partial charge in [0.05, 0.1) is 0 Å². The molecule has 0 spiro atoms. The highest BCUT2D eigenvalue weighted by atomic mass is 35.5. The molecule has 1 N–H and O–H groups in total. The van der Waals surface area contributed by atoms with E-state index < -0.39 is 0 Å². The van der Waals surface area contributed by atoms with Crippen LogP contribution < -0.4 is 5.32 Å². The first-order valence-corrected chi connectivity index (χ1v) is 3.65. The molecule has 0 fully saturated rings. The molecule has 0 atom stereocenters. The molecule has 0 saturated carbocycles. The van der Waals surface area contributed by atoms with Crippen molar-refractivity contribution in [3.8, 4) is 0 Å². The Morgan fingerprint density at radius 3 is 2.75 bits per heavy atom. The van der Waals surface area contributed by atoms with E-state index in [2.05, 4.69) is 23.5 Å². The molecule has 0 amide bonds. The SMILES string of the molecule is C1=CC=C2C=CNC=C2C=C1.Cl. The maximum Gasteiger partial charge on any atom is 0.00836 e. The van der Waals surface area contributed by atoms with Gasteiger partial charge in [0.15, 0.2) is 0 Å². The van der Waals surface area contributed by atoms with Crippen molar-refractivity contribution in [2.45, 2.75) is 0 Å². The Morgan fingerprint density at radius 2 is 1.83 bits per heavy atom. The van der Waals surface area contributed by atoms with Crippen molar-refractivity contribution in [2.24, 2.45) is 0 Å². The molecule has 0 aromatic rings. The molecule has 0 saturated heterocycles. The molecule has 2 aliphatic rings. The second-order valence-electron chi connectivity index (χ2n) is 2.47. The van der Waals surface area contributed by atoms with Crippen molar-refractivity contribution < 1.29 is 0 Å². The number of dihydropyridines is 1. The van der Waals surface area contributed by atoms with Crippen LogP contribution in [-0.2, 0) is 0 Å². The summed E-state index contributed by atoms with van der Waals surface area (Å²) in [6, 6.07) is 0. The zero-order valence-electron chi connectivity index (χ0n) is 6.53. The van der Waals surface area contributed by atoms with Crippen LogP contribution in [0.15, 0.2) is 60.0 Å². The van der Waals surface area contributed by atoms with Gasteiger partial charge in [0.2, 0.25) is 0 Å². The summed E-state index contributed by atoms with van der Waals surface area (Å²) in [7, 11) is 0. The van der Waals surface area contributed by atoms with Crippen LogP contribution in [0.5, 0.6) is 0 Å². The lowest BCUT2D eigenvalue weighted by molar-refractivity contribution is 1.14. The van der Waals surface area contributed by atoms with Crippen LogP contribution in [0.3, 0.4) is 0 Å². The Balaban J connectivity index is 0.000000720. The molecule has 62 valence electrons.